The molecule has 0 amide bonds. The third kappa shape index (κ3) is 2.75. The fourth-order valence-electron chi connectivity index (χ4n) is 2.28. The Morgan fingerprint density at radius 3 is 2.29 bits per heavy atom. The third-order valence-electron chi connectivity index (χ3n) is 3.76. The highest BCUT2D eigenvalue weighted by Crippen LogP contribution is 2.20. The van der Waals surface area contributed by atoms with Crippen molar-refractivity contribution in [2.75, 3.05) is 0 Å². The lowest BCUT2D eigenvalue weighted by Gasteiger charge is -2.06. The number of benzene rings is 1. The molecule has 1 aromatic carbocycles. The van der Waals surface area contributed by atoms with Crippen molar-refractivity contribution in [1.82, 2.24) is 9.78 Å². The second-order valence-corrected chi connectivity index (χ2v) is 5.51. The molecule has 0 radical (unpaired) electrons. The van der Waals surface area contributed by atoms with Gasteiger partial charge in [-0.15, -0.1) is 0 Å². The maximum absolute atomic E-state index is 12.6. The lowest BCUT2D eigenvalue weighted by atomic mass is 9.97. The number of carbonyl (C=O) groups is 1. The summed E-state index contributed by atoms with van der Waals surface area (Å²) < 4.78 is 1.33. The summed E-state index contributed by atoms with van der Waals surface area (Å²) in [6.45, 7) is 7.84. The van der Waals surface area contributed by atoms with Crippen molar-refractivity contribution in [3.8, 4) is 0 Å². The first kappa shape index (κ1) is 15.0. The number of carbonyl (C=O) groups excluding carboxylic acids is 1. The van der Waals surface area contributed by atoms with E-state index in [0.29, 0.717) is 11.3 Å². The van der Waals surface area contributed by atoms with Gasteiger partial charge in [-0.3, -0.25) is 19.4 Å². The second-order valence-electron chi connectivity index (χ2n) is 5.51. The van der Waals surface area contributed by atoms with Crippen LogP contribution in [0.25, 0.3) is 5.57 Å². The predicted molar refractivity (Wildman–Crippen MR) is 84.6 cm³/mol. The predicted octanol–water partition coefficient (Wildman–Crippen LogP) is 3.07. The molecular weight excluding hydrogens is 264 g/mol. The zero-order valence-electron chi connectivity index (χ0n) is 13.1. The number of aromatic amines is 1. The van der Waals surface area contributed by atoms with Gasteiger partial charge in [0.05, 0.1) is 0 Å². The zero-order valence-corrected chi connectivity index (χ0v) is 13.1. The van der Waals surface area contributed by atoms with E-state index >= 15 is 0 Å². The lowest BCUT2D eigenvalue weighted by Crippen LogP contribution is -2.19. The summed E-state index contributed by atoms with van der Waals surface area (Å²) >= 11 is 0. The number of allylic oxidation sites excluding steroid dienone is 2. The molecule has 0 aliphatic carbocycles. The smallest absolute Gasteiger partial charge is 0.277 e. The molecule has 0 saturated carbocycles. The van der Waals surface area contributed by atoms with Crippen molar-refractivity contribution in [3.63, 3.8) is 0 Å². The summed E-state index contributed by atoms with van der Waals surface area (Å²) in [5, 5.41) is 2.86. The van der Waals surface area contributed by atoms with Gasteiger partial charge in [-0.25, -0.2) is 0 Å². The molecule has 0 aliphatic rings. The van der Waals surface area contributed by atoms with Crippen molar-refractivity contribution in [2.45, 2.75) is 27.7 Å². The van der Waals surface area contributed by atoms with Crippen LogP contribution >= 0.6 is 0 Å². The second kappa shape index (κ2) is 5.56. The molecule has 1 heterocycles. The van der Waals surface area contributed by atoms with Gasteiger partial charge in [0, 0.05) is 18.3 Å². The van der Waals surface area contributed by atoms with Gasteiger partial charge in [0.15, 0.2) is 5.78 Å². The van der Waals surface area contributed by atoms with Crippen molar-refractivity contribution in [3.05, 3.63) is 62.6 Å². The number of nitrogens with one attached hydrogen (secondary N) is 1. The fraction of sp³-hybridized carbons (Fsp3) is 0.294. The average molecular weight is 284 g/mol. The highest BCUT2D eigenvalue weighted by molar-refractivity contribution is 6.09. The number of ketones is 1. The minimum Gasteiger partial charge on any atom is -0.299 e. The molecule has 0 saturated heterocycles. The number of aryl methyl sites for hydroxylation is 2. The number of nitrogens with zero attached hydrogens (tertiary/aromatic N) is 1. The van der Waals surface area contributed by atoms with Gasteiger partial charge in [-0.2, -0.15) is 0 Å². The summed E-state index contributed by atoms with van der Waals surface area (Å²) in [4.78, 5) is 24.6. The molecule has 0 fully saturated rings. The molecule has 110 valence electrons. The summed E-state index contributed by atoms with van der Waals surface area (Å²) in [6.07, 6.45) is 0. The van der Waals surface area contributed by atoms with Gasteiger partial charge >= 0.3 is 0 Å². The van der Waals surface area contributed by atoms with E-state index in [1.807, 2.05) is 39.0 Å². The highest BCUT2D eigenvalue weighted by Gasteiger charge is 2.19. The number of aromatic nitrogens is 2. The Bertz CT molecular complexity index is 787. The molecule has 2 aromatic rings. The van der Waals surface area contributed by atoms with E-state index in [1.165, 1.54) is 10.3 Å². The third-order valence-corrected chi connectivity index (χ3v) is 3.76. The van der Waals surface area contributed by atoms with E-state index < -0.39 is 0 Å². The van der Waals surface area contributed by atoms with Gasteiger partial charge < -0.3 is 0 Å². The fourth-order valence-corrected chi connectivity index (χ4v) is 2.28. The molecule has 0 spiro atoms. The number of hydrogen-bond acceptors (Lipinski definition) is 2. The normalized spacial score (nSPS) is 10.5. The van der Waals surface area contributed by atoms with Gasteiger partial charge in [0.25, 0.3) is 5.56 Å². The van der Waals surface area contributed by atoms with Crippen molar-refractivity contribution in [2.24, 2.45) is 7.05 Å². The lowest BCUT2D eigenvalue weighted by molar-refractivity contribution is 0.103. The standard InChI is InChI=1S/C17H20N2O2/c1-10(2)11(3)13-7-6-8-14(9-13)16(20)15-12(4)18-19(5)17(15)21/h6-9,18H,1-5H3. The van der Waals surface area contributed by atoms with Gasteiger partial charge in [0.1, 0.15) is 5.56 Å². The molecular formula is C17H20N2O2. The van der Waals surface area contributed by atoms with Crippen LogP contribution in [0.4, 0.5) is 0 Å². The number of rotatable bonds is 3. The Morgan fingerprint density at radius 1 is 1.14 bits per heavy atom. The molecule has 4 nitrogen and oxygen atoms in total. The van der Waals surface area contributed by atoms with Crippen LogP contribution < -0.4 is 5.56 Å². The summed E-state index contributed by atoms with van der Waals surface area (Å²) in [5.41, 5.74) is 4.40. The van der Waals surface area contributed by atoms with Gasteiger partial charge in [-0.1, -0.05) is 23.8 Å². The zero-order chi connectivity index (χ0) is 15.7. The van der Waals surface area contributed by atoms with Gasteiger partial charge in [-0.05, 0) is 44.9 Å². The summed E-state index contributed by atoms with van der Waals surface area (Å²) in [7, 11) is 1.61. The first-order valence-corrected chi connectivity index (χ1v) is 6.87. The maximum Gasteiger partial charge on any atom is 0.277 e. The first-order chi connectivity index (χ1) is 9.82. The van der Waals surface area contributed by atoms with Crippen LogP contribution in [0, 0.1) is 6.92 Å². The van der Waals surface area contributed by atoms with Gasteiger partial charge in [0.2, 0.25) is 0 Å². The van der Waals surface area contributed by atoms with Crippen molar-refractivity contribution < 1.29 is 4.79 Å². The Labute approximate surface area is 124 Å². The number of hydrogen-bond donors (Lipinski definition) is 1. The topological polar surface area (TPSA) is 54.9 Å². The molecule has 0 atom stereocenters. The Morgan fingerprint density at radius 2 is 1.76 bits per heavy atom. The first-order valence-electron chi connectivity index (χ1n) is 6.87. The minimum atomic E-state index is -0.290. The van der Waals surface area contributed by atoms with E-state index in [0.717, 1.165) is 11.1 Å². The van der Waals surface area contributed by atoms with Crippen LogP contribution in [-0.4, -0.2) is 15.6 Å². The Hall–Kier alpha value is -2.36. The maximum atomic E-state index is 12.6. The largest absolute Gasteiger partial charge is 0.299 e. The van der Waals surface area contributed by atoms with Crippen LogP contribution in [0.5, 0.6) is 0 Å². The highest BCUT2D eigenvalue weighted by atomic mass is 16.2. The monoisotopic (exact) mass is 284 g/mol. The molecule has 0 unspecified atom stereocenters. The van der Waals surface area contributed by atoms with Crippen molar-refractivity contribution >= 4 is 11.4 Å². The summed E-state index contributed by atoms with van der Waals surface area (Å²) in [5.74, 6) is -0.238. The molecule has 1 N–H and O–H groups in total. The SMILES string of the molecule is CC(C)=C(C)c1cccc(C(=O)c2c(C)[nH]n(C)c2=O)c1. The van der Waals surface area contributed by atoms with E-state index in [1.54, 1.807) is 20.0 Å². The quantitative estimate of drug-likeness (QED) is 0.881. The van der Waals surface area contributed by atoms with Crippen LogP contribution in [0.15, 0.2) is 34.6 Å². The van der Waals surface area contributed by atoms with Crippen LogP contribution in [0.1, 0.15) is 48.0 Å². The molecule has 1 aromatic heterocycles. The van der Waals surface area contributed by atoms with Crippen molar-refractivity contribution in [1.29, 1.82) is 0 Å². The van der Waals surface area contributed by atoms with E-state index in [2.05, 4.69) is 5.10 Å². The molecule has 0 aliphatic heterocycles. The minimum absolute atomic E-state index is 0.213. The number of H-pyrrole nitrogens is 1. The molecule has 2 rings (SSSR count). The Balaban J connectivity index is 2.53. The Kier molecular flexibility index (Phi) is 3.98. The van der Waals surface area contributed by atoms with E-state index in [9.17, 15) is 9.59 Å². The molecule has 4 heteroatoms. The molecule has 0 bridgehead atoms. The van der Waals surface area contributed by atoms with Crippen LogP contribution in [-0.2, 0) is 7.05 Å². The van der Waals surface area contributed by atoms with E-state index in [-0.39, 0.29) is 16.9 Å². The van der Waals surface area contributed by atoms with Crippen LogP contribution in [0.2, 0.25) is 0 Å². The van der Waals surface area contributed by atoms with E-state index in [4.69, 9.17) is 0 Å². The average Bonchev–Trinajstić information content (AvgIpc) is 2.70. The van der Waals surface area contributed by atoms with Crippen LogP contribution in [0.3, 0.4) is 0 Å². The molecule has 21 heavy (non-hydrogen) atoms. The summed E-state index contributed by atoms with van der Waals surface area (Å²) in [6, 6.07) is 7.41.